The van der Waals surface area contributed by atoms with Crippen molar-refractivity contribution in [1.29, 1.82) is 0 Å². The summed E-state index contributed by atoms with van der Waals surface area (Å²) < 4.78 is 13.2. The summed E-state index contributed by atoms with van der Waals surface area (Å²) in [7, 11) is 0. The summed E-state index contributed by atoms with van der Waals surface area (Å²) >= 11 is 0. The van der Waals surface area contributed by atoms with E-state index in [9.17, 15) is 4.39 Å². The van der Waals surface area contributed by atoms with Gasteiger partial charge in [-0.15, -0.1) is 0 Å². The Morgan fingerprint density at radius 3 is 2.53 bits per heavy atom. The molecule has 1 aromatic carbocycles. The van der Waals surface area contributed by atoms with Gasteiger partial charge in [-0.2, -0.15) is 0 Å². The Bertz CT molecular complexity index is 388. The van der Waals surface area contributed by atoms with Gasteiger partial charge in [0.1, 0.15) is 5.82 Å². The molecule has 0 aliphatic rings. The third kappa shape index (κ3) is 3.35. The molecule has 80 valence electrons. The molecule has 0 heterocycles. The fourth-order valence-corrected chi connectivity index (χ4v) is 1.30. The molecular formula is C14H17F. The quantitative estimate of drug-likeness (QED) is 0.645. The molecular weight excluding hydrogens is 187 g/mol. The lowest BCUT2D eigenvalue weighted by Gasteiger charge is -2.06. The van der Waals surface area contributed by atoms with Crippen molar-refractivity contribution in [2.24, 2.45) is 0 Å². The van der Waals surface area contributed by atoms with Crippen LogP contribution in [-0.2, 0) is 6.42 Å². The molecule has 0 spiro atoms. The van der Waals surface area contributed by atoms with Gasteiger partial charge in [-0.25, -0.2) is 4.39 Å². The maximum Gasteiger partial charge on any atom is 0.126 e. The molecule has 0 amide bonds. The fraction of sp³-hybridized carbons (Fsp3) is 0.286. The van der Waals surface area contributed by atoms with Gasteiger partial charge in [-0.3, -0.25) is 0 Å². The van der Waals surface area contributed by atoms with Crippen molar-refractivity contribution in [2.45, 2.75) is 26.7 Å². The predicted octanol–water partition coefficient (Wildman–Crippen LogP) is 4.20. The molecule has 1 rings (SSSR count). The maximum atomic E-state index is 13.2. The van der Waals surface area contributed by atoms with Crippen LogP contribution in [0, 0.1) is 12.7 Å². The van der Waals surface area contributed by atoms with E-state index in [1.54, 1.807) is 13.0 Å². The summed E-state index contributed by atoms with van der Waals surface area (Å²) in [4.78, 5) is 0. The third-order valence-electron chi connectivity index (χ3n) is 2.56. The first-order valence-electron chi connectivity index (χ1n) is 5.09. The monoisotopic (exact) mass is 204 g/mol. The van der Waals surface area contributed by atoms with Crippen molar-refractivity contribution in [3.63, 3.8) is 0 Å². The highest BCUT2D eigenvalue weighted by molar-refractivity contribution is 5.27. The summed E-state index contributed by atoms with van der Waals surface area (Å²) in [5, 5.41) is 0. The van der Waals surface area contributed by atoms with Crippen LogP contribution in [0.25, 0.3) is 0 Å². The first kappa shape index (κ1) is 11.7. The first-order chi connectivity index (χ1) is 7.00. The normalized spacial score (nSPS) is 10.1. The number of rotatable bonds is 4. The van der Waals surface area contributed by atoms with Gasteiger partial charge < -0.3 is 0 Å². The van der Waals surface area contributed by atoms with E-state index in [1.807, 2.05) is 19.1 Å². The van der Waals surface area contributed by atoms with Gasteiger partial charge in [0, 0.05) is 0 Å². The number of benzene rings is 1. The zero-order valence-corrected chi connectivity index (χ0v) is 9.44. The highest BCUT2D eigenvalue weighted by Gasteiger charge is 2.01. The lowest BCUT2D eigenvalue weighted by atomic mass is 10.0. The zero-order valence-electron chi connectivity index (χ0n) is 9.44. The van der Waals surface area contributed by atoms with E-state index in [0.29, 0.717) is 5.56 Å². The Morgan fingerprint density at radius 2 is 2.00 bits per heavy atom. The Morgan fingerprint density at radius 1 is 1.33 bits per heavy atom. The molecule has 1 aromatic rings. The molecule has 0 radical (unpaired) electrons. The molecule has 0 saturated heterocycles. The largest absolute Gasteiger partial charge is 0.207 e. The fourth-order valence-electron chi connectivity index (χ4n) is 1.30. The van der Waals surface area contributed by atoms with Gasteiger partial charge >= 0.3 is 0 Å². The lowest BCUT2D eigenvalue weighted by molar-refractivity contribution is 0.616. The summed E-state index contributed by atoms with van der Waals surface area (Å²) in [5.41, 5.74) is 3.75. The predicted molar refractivity (Wildman–Crippen MR) is 63.4 cm³/mol. The second-order valence-electron chi connectivity index (χ2n) is 3.97. The van der Waals surface area contributed by atoms with Crippen LogP contribution in [0.5, 0.6) is 0 Å². The van der Waals surface area contributed by atoms with Gasteiger partial charge in [0.2, 0.25) is 0 Å². The van der Waals surface area contributed by atoms with Crippen molar-refractivity contribution in [1.82, 2.24) is 0 Å². The Kier molecular flexibility index (Phi) is 3.84. The highest BCUT2D eigenvalue weighted by atomic mass is 19.1. The number of halogens is 1. The van der Waals surface area contributed by atoms with Crippen LogP contribution in [0.4, 0.5) is 4.39 Å². The summed E-state index contributed by atoms with van der Waals surface area (Å²) in [6.07, 6.45) is 1.67. The topological polar surface area (TPSA) is 0 Å². The average molecular weight is 204 g/mol. The van der Waals surface area contributed by atoms with Crippen LogP contribution in [-0.4, -0.2) is 0 Å². The van der Waals surface area contributed by atoms with E-state index < -0.39 is 0 Å². The van der Waals surface area contributed by atoms with Gasteiger partial charge in [-0.1, -0.05) is 36.4 Å². The van der Waals surface area contributed by atoms with E-state index in [0.717, 1.165) is 29.6 Å². The molecule has 0 saturated carbocycles. The molecule has 0 atom stereocenters. The molecule has 0 aliphatic carbocycles. The van der Waals surface area contributed by atoms with Gasteiger partial charge in [-0.05, 0) is 43.9 Å². The van der Waals surface area contributed by atoms with Crippen molar-refractivity contribution in [2.75, 3.05) is 0 Å². The smallest absolute Gasteiger partial charge is 0.126 e. The molecule has 0 nitrogen and oxygen atoms in total. The third-order valence-corrected chi connectivity index (χ3v) is 2.56. The first-order valence-corrected chi connectivity index (χ1v) is 5.09. The number of allylic oxidation sites excluding steroid dienone is 2. The van der Waals surface area contributed by atoms with E-state index in [4.69, 9.17) is 0 Å². The van der Waals surface area contributed by atoms with E-state index >= 15 is 0 Å². The van der Waals surface area contributed by atoms with Gasteiger partial charge in [0.05, 0.1) is 0 Å². The second kappa shape index (κ2) is 4.92. The molecule has 0 unspecified atom stereocenters. The van der Waals surface area contributed by atoms with Crippen LogP contribution < -0.4 is 0 Å². The van der Waals surface area contributed by atoms with Gasteiger partial charge in [0.25, 0.3) is 0 Å². The van der Waals surface area contributed by atoms with E-state index in [-0.39, 0.29) is 5.82 Å². The Labute approximate surface area is 91.1 Å². The van der Waals surface area contributed by atoms with Crippen LogP contribution in [0.1, 0.15) is 24.5 Å². The van der Waals surface area contributed by atoms with Crippen LogP contribution in [0.2, 0.25) is 0 Å². The number of hydrogen-bond donors (Lipinski definition) is 0. The van der Waals surface area contributed by atoms with Crippen molar-refractivity contribution in [3.8, 4) is 0 Å². The second-order valence-corrected chi connectivity index (χ2v) is 3.97. The lowest BCUT2D eigenvalue weighted by Crippen LogP contribution is -1.91. The summed E-state index contributed by atoms with van der Waals surface area (Å²) in [6, 6.07) is 5.37. The minimum Gasteiger partial charge on any atom is -0.207 e. The molecule has 15 heavy (non-hydrogen) atoms. The minimum atomic E-state index is -0.131. The molecule has 0 aromatic heterocycles. The number of hydrogen-bond acceptors (Lipinski definition) is 0. The van der Waals surface area contributed by atoms with Crippen LogP contribution in [0.15, 0.2) is 42.5 Å². The van der Waals surface area contributed by atoms with Crippen molar-refractivity contribution < 1.29 is 4.39 Å². The zero-order chi connectivity index (χ0) is 11.4. The average Bonchev–Trinajstić information content (AvgIpc) is 2.19. The highest BCUT2D eigenvalue weighted by Crippen LogP contribution is 2.15. The van der Waals surface area contributed by atoms with Crippen LogP contribution in [0.3, 0.4) is 0 Å². The van der Waals surface area contributed by atoms with Crippen molar-refractivity contribution in [3.05, 3.63) is 59.4 Å². The van der Waals surface area contributed by atoms with E-state index in [2.05, 4.69) is 13.2 Å². The van der Waals surface area contributed by atoms with Gasteiger partial charge in [0.15, 0.2) is 0 Å². The Balaban J connectivity index is 2.62. The van der Waals surface area contributed by atoms with Crippen molar-refractivity contribution >= 4 is 0 Å². The summed E-state index contributed by atoms with van der Waals surface area (Å²) in [5.74, 6) is -0.131. The number of aryl methyl sites for hydroxylation is 2. The molecule has 0 N–H and O–H groups in total. The molecule has 1 heteroatoms. The SMILES string of the molecule is C=C(C)C(=C)CCc1ccc(C)c(F)c1. The van der Waals surface area contributed by atoms with E-state index in [1.165, 1.54) is 0 Å². The summed E-state index contributed by atoms with van der Waals surface area (Å²) in [6.45, 7) is 11.5. The maximum absolute atomic E-state index is 13.2. The van der Waals surface area contributed by atoms with Crippen LogP contribution >= 0.6 is 0 Å². The standard InChI is InChI=1S/C14H17F/c1-10(2)11(3)5-7-13-8-6-12(4)14(15)9-13/h6,8-9H,1,3,5,7H2,2,4H3. The minimum absolute atomic E-state index is 0.131. The molecule has 0 bridgehead atoms. The molecule has 0 fully saturated rings. The molecule has 0 aliphatic heterocycles. The Hall–Kier alpha value is -1.37.